The molecule has 150 valence electrons. The molecule has 27 heavy (non-hydrogen) atoms. The summed E-state index contributed by atoms with van der Waals surface area (Å²) in [6, 6.07) is 0. The Morgan fingerprint density at radius 1 is 1.33 bits per heavy atom. The van der Waals surface area contributed by atoms with Crippen LogP contribution < -0.4 is 0 Å². The van der Waals surface area contributed by atoms with E-state index < -0.39 is 23.1 Å². The zero-order chi connectivity index (χ0) is 20.2. The number of Topliss-reactive ketones (excluding diaryl/α,β-unsaturated/α-hetero) is 1. The molecule has 2 heterocycles. The maximum absolute atomic E-state index is 13.0. The molecule has 5 nitrogen and oxygen atoms in total. The predicted molar refractivity (Wildman–Crippen MR) is 102 cm³/mol. The minimum absolute atomic E-state index is 0.129. The maximum Gasteiger partial charge on any atom is 0.410 e. The number of amides is 1. The zero-order valence-electron chi connectivity index (χ0n) is 16.7. The van der Waals surface area contributed by atoms with Crippen molar-refractivity contribution >= 4 is 11.9 Å². The number of ether oxygens (including phenoxy) is 2. The SMILES string of the molecule is C=C(F)C=CC(=CC)C1CC(=O)CC2(CCN(C(=O)OC(C)(C)C)CC2)O1. The molecule has 0 bridgehead atoms. The third kappa shape index (κ3) is 6.03. The first-order valence-electron chi connectivity index (χ1n) is 9.40. The number of nitrogens with zero attached hydrogens (tertiary/aromatic N) is 1. The van der Waals surface area contributed by atoms with Crippen molar-refractivity contribution in [2.45, 2.75) is 70.7 Å². The number of carbonyl (C=O) groups excluding carboxylic acids is 2. The highest BCUT2D eigenvalue weighted by Crippen LogP contribution is 2.38. The van der Waals surface area contributed by atoms with E-state index in [0.717, 1.165) is 5.57 Å². The number of piperidine rings is 1. The van der Waals surface area contributed by atoms with E-state index in [1.165, 1.54) is 6.08 Å². The number of hydrogen-bond acceptors (Lipinski definition) is 4. The van der Waals surface area contributed by atoms with Gasteiger partial charge in [-0.2, -0.15) is 0 Å². The summed E-state index contributed by atoms with van der Waals surface area (Å²) in [6.07, 6.45) is 5.74. The normalized spacial score (nSPS) is 23.7. The van der Waals surface area contributed by atoms with Gasteiger partial charge in [-0.1, -0.05) is 18.7 Å². The van der Waals surface area contributed by atoms with Crippen LogP contribution in [0.25, 0.3) is 0 Å². The van der Waals surface area contributed by atoms with Crippen molar-refractivity contribution in [3.05, 3.63) is 36.2 Å². The highest BCUT2D eigenvalue weighted by atomic mass is 19.1. The number of rotatable bonds is 3. The average molecular weight is 379 g/mol. The predicted octanol–water partition coefficient (Wildman–Crippen LogP) is 4.49. The van der Waals surface area contributed by atoms with Crippen LogP contribution in [0.2, 0.25) is 0 Å². The summed E-state index contributed by atoms with van der Waals surface area (Å²) in [6.45, 7) is 11.5. The van der Waals surface area contributed by atoms with Gasteiger partial charge in [-0.05, 0) is 52.2 Å². The number of hydrogen-bond donors (Lipinski definition) is 0. The molecule has 0 aromatic carbocycles. The molecular formula is C21H30FNO4. The lowest BCUT2D eigenvalue weighted by atomic mass is 9.81. The van der Waals surface area contributed by atoms with Crippen molar-refractivity contribution in [2.24, 2.45) is 0 Å². The number of carbonyl (C=O) groups is 2. The van der Waals surface area contributed by atoms with Crippen LogP contribution in [0.3, 0.4) is 0 Å². The number of allylic oxidation sites excluding steroid dienone is 3. The van der Waals surface area contributed by atoms with Crippen molar-refractivity contribution in [1.82, 2.24) is 4.90 Å². The summed E-state index contributed by atoms with van der Waals surface area (Å²) in [7, 11) is 0. The first-order valence-corrected chi connectivity index (χ1v) is 9.40. The van der Waals surface area contributed by atoms with Crippen LogP contribution in [0.4, 0.5) is 9.18 Å². The summed E-state index contributed by atoms with van der Waals surface area (Å²) in [4.78, 5) is 26.3. The second-order valence-corrected chi connectivity index (χ2v) is 8.25. The fourth-order valence-corrected chi connectivity index (χ4v) is 3.50. The van der Waals surface area contributed by atoms with E-state index in [1.807, 2.05) is 33.8 Å². The van der Waals surface area contributed by atoms with Crippen LogP contribution >= 0.6 is 0 Å². The van der Waals surface area contributed by atoms with Gasteiger partial charge in [-0.25, -0.2) is 9.18 Å². The Morgan fingerprint density at radius 3 is 2.48 bits per heavy atom. The summed E-state index contributed by atoms with van der Waals surface area (Å²) in [5.41, 5.74) is -0.356. The van der Waals surface area contributed by atoms with Crippen LogP contribution in [0.15, 0.2) is 36.2 Å². The molecule has 0 N–H and O–H groups in total. The van der Waals surface area contributed by atoms with Gasteiger partial charge in [-0.15, -0.1) is 0 Å². The Kier molecular flexibility index (Phi) is 6.63. The first kappa shape index (κ1) is 21.4. The van der Waals surface area contributed by atoms with E-state index in [0.29, 0.717) is 32.4 Å². The third-order valence-corrected chi connectivity index (χ3v) is 4.81. The van der Waals surface area contributed by atoms with Crippen molar-refractivity contribution in [1.29, 1.82) is 0 Å². The Bertz CT molecular complexity index is 652. The van der Waals surface area contributed by atoms with Crippen LogP contribution in [0.5, 0.6) is 0 Å². The molecule has 0 aromatic rings. The number of ketones is 1. The van der Waals surface area contributed by atoms with Gasteiger partial charge < -0.3 is 14.4 Å². The third-order valence-electron chi connectivity index (χ3n) is 4.81. The Hall–Kier alpha value is -1.95. The lowest BCUT2D eigenvalue weighted by Gasteiger charge is -2.46. The standard InChI is InChI=1S/C21H30FNO4/c1-6-16(8-7-15(2)22)18-13-17(24)14-21(26-18)9-11-23(12-10-21)19(25)27-20(3,4)5/h6-8,18H,2,9-14H2,1,3-5H3. The van der Waals surface area contributed by atoms with E-state index in [-0.39, 0.29) is 18.3 Å². The molecule has 0 radical (unpaired) electrons. The van der Waals surface area contributed by atoms with Crippen molar-refractivity contribution in [2.75, 3.05) is 13.1 Å². The van der Waals surface area contributed by atoms with Gasteiger partial charge in [-0.3, -0.25) is 4.79 Å². The van der Waals surface area contributed by atoms with Crippen molar-refractivity contribution in [3.8, 4) is 0 Å². The van der Waals surface area contributed by atoms with Crippen LogP contribution in [-0.2, 0) is 14.3 Å². The van der Waals surface area contributed by atoms with Crippen molar-refractivity contribution < 1.29 is 23.5 Å². The molecular weight excluding hydrogens is 349 g/mol. The molecule has 2 saturated heterocycles. The summed E-state index contributed by atoms with van der Waals surface area (Å²) in [5.74, 6) is -0.416. The Morgan fingerprint density at radius 2 is 1.96 bits per heavy atom. The molecule has 0 saturated carbocycles. The maximum atomic E-state index is 13.0. The van der Waals surface area contributed by atoms with Gasteiger partial charge in [0.2, 0.25) is 0 Å². The van der Waals surface area contributed by atoms with E-state index in [9.17, 15) is 14.0 Å². The second-order valence-electron chi connectivity index (χ2n) is 8.25. The van der Waals surface area contributed by atoms with Gasteiger partial charge in [0.05, 0.1) is 11.7 Å². The first-order chi connectivity index (χ1) is 12.5. The fraction of sp³-hybridized carbons (Fsp3) is 0.619. The van der Waals surface area contributed by atoms with E-state index in [4.69, 9.17) is 9.47 Å². The molecule has 1 amide bonds. The molecule has 2 rings (SSSR count). The largest absolute Gasteiger partial charge is 0.444 e. The lowest BCUT2D eigenvalue weighted by Crippen LogP contribution is -2.53. The molecule has 1 unspecified atom stereocenters. The zero-order valence-corrected chi connectivity index (χ0v) is 16.7. The Balaban J connectivity index is 2.05. The van der Waals surface area contributed by atoms with Gasteiger partial charge in [0.25, 0.3) is 0 Å². The smallest absolute Gasteiger partial charge is 0.410 e. The fourth-order valence-electron chi connectivity index (χ4n) is 3.50. The quantitative estimate of drug-likeness (QED) is 0.678. The average Bonchev–Trinajstić information content (AvgIpc) is 2.53. The van der Waals surface area contributed by atoms with E-state index >= 15 is 0 Å². The van der Waals surface area contributed by atoms with E-state index in [2.05, 4.69) is 6.58 Å². The molecule has 6 heteroatoms. The lowest BCUT2D eigenvalue weighted by molar-refractivity contribution is -0.159. The molecule has 2 aliphatic rings. The highest BCUT2D eigenvalue weighted by molar-refractivity contribution is 5.81. The number of halogens is 1. The van der Waals surface area contributed by atoms with Gasteiger partial charge in [0, 0.05) is 25.9 Å². The minimum atomic E-state index is -0.576. The van der Waals surface area contributed by atoms with Gasteiger partial charge in [0.15, 0.2) is 0 Å². The summed E-state index contributed by atoms with van der Waals surface area (Å²) < 4.78 is 24.7. The topological polar surface area (TPSA) is 55.8 Å². The molecule has 0 aliphatic carbocycles. The molecule has 2 aliphatic heterocycles. The molecule has 0 aromatic heterocycles. The van der Waals surface area contributed by atoms with Crippen LogP contribution in [0, 0.1) is 0 Å². The minimum Gasteiger partial charge on any atom is -0.444 e. The molecule has 1 atom stereocenters. The van der Waals surface area contributed by atoms with E-state index in [1.54, 1.807) is 11.0 Å². The number of likely N-dealkylation sites (tertiary alicyclic amines) is 1. The monoisotopic (exact) mass is 379 g/mol. The second kappa shape index (κ2) is 8.38. The van der Waals surface area contributed by atoms with Crippen molar-refractivity contribution in [3.63, 3.8) is 0 Å². The summed E-state index contributed by atoms with van der Waals surface area (Å²) >= 11 is 0. The summed E-state index contributed by atoms with van der Waals surface area (Å²) in [5, 5.41) is 0. The van der Waals surface area contributed by atoms with Crippen LogP contribution in [-0.4, -0.2) is 47.2 Å². The van der Waals surface area contributed by atoms with Crippen LogP contribution in [0.1, 0.15) is 53.4 Å². The molecule has 2 fully saturated rings. The van der Waals surface area contributed by atoms with Gasteiger partial charge in [0.1, 0.15) is 17.2 Å². The van der Waals surface area contributed by atoms with Gasteiger partial charge >= 0.3 is 6.09 Å². The molecule has 1 spiro atoms. The Labute approximate surface area is 160 Å². The highest BCUT2D eigenvalue weighted by Gasteiger charge is 2.44.